The molecule has 0 fully saturated rings. The molecule has 0 bridgehead atoms. The van der Waals surface area contributed by atoms with Crippen LogP contribution in [0.25, 0.3) is 0 Å². The van der Waals surface area contributed by atoms with Gasteiger partial charge in [0.1, 0.15) is 6.79 Å². The Morgan fingerprint density at radius 1 is 1.24 bits per heavy atom. The molecule has 0 saturated heterocycles. The van der Waals surface area contributed by atoms with Gasteiger partial charge < -0.3 is 14.6 Å². The second-order valence-corrected chi connectivity index (χ2v) is 11.3. The van der Waals surface area contributed by atoms with E-state index in [1.807, 2.05) is 26.0 Å². The average Bonchev–Trinajstić information content (AvgIpc) is 2.21. The maximum atomic E-state index is 9.71. The van der Waals surface area contributed by atoms with Gasteiger partial charge in [-0.3, -0.25) is 0 Å². The van der Waals surface area contributed by atoms with Crippen molar-refractivity contribution in [3.63, 3.8) is 0 Å². The van der Waals surface area contributed by atoms with Gasteiger partial charge >= 0.3 is 0 Å². The van der Waals surface area contributed by atoms with E-state index in [2.05, 4.69) is 19.6 Å². The third-order valence-corrected chi connectivity index (χ3v) is 4.26. The lowest BCUT2D eigenvalue weighted by Crippen LogP contribution is -2.24. The summed E-state index contributed by atoms with van der Waals surface area (Å²) in [5.41, 5.74) is 0. The zero-order valence-electron chi connectivity index (χ0n) is 11.9. The quantitative estimate of drug-likeness (QED) is 0.300. The van der Waals surface area contributed by atoms with Crippen molar-refractivity contribution in [3.05, 3.63) is 12.2 Å². The van der Waals surface area contributed by atoms with Crippen LogP contribution in [0, 0.1) is 5.92 Å². The van der Waals surface area contributed by atoms with E-state index < -0.39 is 14.2 Å². The van der Waals surface area contributed by atoms with Gasteiger partial charge in [0.25, 0.3) is 0 Å². The number of allylic oxidation sites excluding steroid dienone is 1. The second kappa shape index (κ2) is 8.86. The molecule has 0 aliphatic rings. The average molecular weight is 260 g/mol. The lowest BCUT2D eigenvalue weighted by molar-refractivity contribution is -0.0808. The molecule has 3 nitrogen and oxygen atoms in total. The van der Waals surface area contributed by atoms with Crippen molar-refractivity contribution in [2.75, 3.05) is 20.0 Å². The summed E-state index contributed by atoms with van der Waals surface area (Å²) in [6, 6.07) is 1.15. The molecule has 0 aliphatic carbocycles. The number of rotatable bonds is 9. The molecule has 102 valence electrons. The van der Waals surface area contributed by atoms with Crippen molar-refractivity contribution in [1.82, 2.24) is 0 Å². The fourth-order valence-electron chi connectivity index (χ4n) is 1.25. The van der Waals surface area contributed by atoms with Gasteiger partial charge in [-0.1, -0.05) is 38.7 Å². The van der Waals surface area contributed by atoms with E-state index in [9.17, 15) is 5.11 Å². The summed E-state index contributed by atoms with van der Waals surface area (Å²) in [4.78, 5) is 0. The van der Waals surface area contributed by atoms with Crippen LogP contribution in [0.3, 0.4) is 0 Å². The highest BCUT2D eigenvalue weighted by Gasteiger charge is 2.13. The summed E-state index contributed by atoms with van der Waals surface area (Å²) in [5.74, 6) is 0.127. The van der Waals surface area contributed by atoms with E-state index in [1.165, 1.54) is 0 Å². The molecule has 4 heteroatoms. The van der Waals surface area contributed by atoms with Crippen LogP contribution in [0.5, 0.6) is 0 Å². The highest BCUT2D eigenvalue weighted by molar-refractivity contribution is 6.76. The van der Waals surface area contributed by atoms with Crippen LogP contribution >= 0.6 is 0 Å². The van der Waals surface area contributed by atoms with Crippen LogP contribution < -0.4 is 0 Å². The number of hydrogen-bond donors (Lipinski definition) is 1. The molecule has 0 amide bonds. The highest BCUT2D eigenvalue weighted by atomic mass is 28.3. The summed E-state index contributed by atoms with van der Waals surface area (Å²) in [7, 11) is -1.01. The summed E-state index contributed by atoms with van der Waals surface area (Å²) >= 11 is 0. The molecule has 0 saturated carbocycles. The van der Waals surface area contributed by atoms with Gasteiger partial charge in [-0.15, -0.1) is 0 Å². The van der Waals surface area contributed by atoms with Gasteiger partial charge in [0.15, 0.2) is 0 Å². The Kier molecular flexibility index (Phi) is 8.77. The van der Waals surface area contributed by atoms with E-state index in [-0.39, 0.29) is 12.7 Å². The van der Waals surface area contributed by atoms with E-state index >= 15 is 0 Å². The Labute approximate surface area is 107 Å². The van der Waals surface area contributed by atoms with Crippen LogP contribution in [0.1, 0.15) is 13.8 Å². The number of hydrogen-bond acceptors (Lipinski definition) is 3. The molecular formula is C13H28O3Si. The van der Waals surface area contributed by atoms with E-state index in [1.54, 1.807) is 0 Å². The van der Waals surface area contributed by atoms with Crippen molar-refractivity contribution in [2.24, 2.45) is 5.92 Å². The van der Waals surface area contributed by atoms with Crippen molar-refractivity contribution >= 4 is 8.07 Å². The first-order valence-electron chi connectivity index (χ1n) is 6.33. The summed E-state index contributed by atoms with van der Waals surface area (Å²) in [6.07, 6.45) is 3.46. The van der Waals surface area contributed by atoms with E-state index in [0.717, 1.165) is 12.7 Å². The van der Waals surface area contributed by atoms with Crippen LogP contribution in [0.2, 0.25) is 25.7 Å². The zero-order chi connectivity index (χ0) is 13.3. The predicted octanol–water partition coefficient (Wildman–Crippen LogP) is 2.89. The molecule has 0 rings (SSSR count). The van der Waals surface area contributed by atoms with Gasteiger partial charge in [0, 0.05) is 20.6 Å². The van der Waals surface area contributed by atoms with Crippen LogP contribution in [0.15, 0.2) is 12.2 Å². The number of aliphatic hydroxyl groups is 1. The molecule has 0 unspecified atom stereocenters. The Morgan fingerprint density at radius 3 is 2.41 bits per heavy atom. The Balaban J connectivity index is 3.45. The first-order valence-corrected chi connectivity index (χ1v) is 10.0. The summed E-state index contributed by atoms with van der Waals surface area (Å²) in [6.45, 7) is 12.3. The maximum absolute atomic E-state index is 9.71. The van der Waals surface area contributed by atoms with Crippen molar-refractivity contribution < 1.29 is 14.6 Å². The lowest BCUT2D eigenvalue weighted by Gasteiger charge is -2.17. The molecule has 0 heterocycles. The first-order chi connectivity index (χ1) is 7.87. The Hall–Kier alpha value is -0.163. The molecule has 2 atom stereocenters. The molecule has 0 spiro atoms. The molecular weight excluding hydrogens is 232 g/mol. The van der Waals surface area contributed by atoms with Gasteiger partial charge in [-0.25, -0.2) is 0 Å². The first kappa shape index (κ1) is 16.8. The number of ether oxygens (including phenoxy) is 2. The van der Waals surface area contributed by atoms with Gasteiger partial charge in [-0.2, -0.15) is 0 Å². The van der Waals surface area contributed by atoms with Crippen molar-refractivity contribution in [1.29, 1.82) is 0 Å². The lowest BCUT2D eigenvalue weighted by atomic mass is 10.1. The summed E-state index contributed by atoms with van der Waals surface area (Å²) < 4.78 is 10.7. The predicted molar refractivity (Wildman–Crippen MR) is 74.9 cm³/mol. The maximum Gasteiger partial charge on any atom is 0.146 e. The molecule has 0 aromatic carbocycles. The number of aliphatic hydroxyl groups excluding tert-OH is 1. The van der Waals surface area contributed by atoms with Gasteiger partial charge in [-0.05, 0) is 13.0 Å². The van der Waals surface area contributed by atoms with Gasteiger partial charge in [0.05, 0.1) is 12.7 Å². The largest absolute Gasteiger partial charge is 0.390 e. The molecule has 0 radical (unpaired) electrons. The molecule has 0 aromatic rings. The monoisotopic (exact) mass is 260 g/mol. The van der Waals surface area contributed by atoms with Crippen LogP contribution in [0.4, 0.5) is 0 Å². The third-order valence-electron chi connectivity index (χ3n) is 2.55. The third kappa shape index (κ3) is 10.7. The van der Waals surface area contributed by atoms with Crippen molar-refractivity contribution in [3.8, 4) is 0 Å². The fourth-order valence-corrected chi connectivity index (χ4v) is 2.01. The summed E-state index contributed by atoms with van der Waals surface area (Å²) in [5, 5.41) is 9.71. The van der Waals surface area contributed by atoms with E-state index in [0.29, 0.717) is 6.61 Å². The standard InChI is InChI=1S/C13H28O3Si/c1-6-7-12(2)13(14)10-16-11-15-8-9-17(3,4)5/h6-7,12-14H,8-11H2,1-5H3/b7-6-/t12-,13-/m0/s1. The topological polar surface area (TPSA) is 38.7 Å². The van der Waals surface area contributed by atoms with Crippen molar-refractivity contribution in [2.45, 2.75) is 45.6 Å². The Morgan fingerprint density at radius 2 is 1.88 bits per heavy atom. The van der Waals surface area contributed by atoms with E-state index in [4.69, 9.17) is 9.47 Å². The smallest absolute Gasteiger partial charge is 0.146 e. The minimum atomic E-state index is -1.01. The minimum absolute atomic E-state index is 0.127. The Bertz CT molecular complexity index is 211. The van der Waals surface area contributed by atoms with Crippen LogP contribution in [-0.2, 0) is 9.47 Å². The zero-order valence-corrected chi connectivity index (χ0v) is 12.9. The van der Waals surface area contributed by atoms with Gasteiger partial charge in [0.2, 0.25) is 0 Å². The SMILES string of the molecule is C/C=C\[C@H](C)[C@@H](O)COCOCC[Si](C)(C)C. The molecule has 0 aliphatic heterocycles. The highest BCUT2D eigenvalue weighted by Crippen LogP contribution is 2.08. The molecule has 0 aromatic heterocycles. The van der Waals surface area contributed by atoms with Crippen LogP contribution in [-0.4, -0.2) is 39.3 Å². The second-order valence-electron chi connectivity index (χ2n) is 5.66. The minimum Gasteiger partial charge on any atom is -0.390 e. The normalized spacial score (nSPS) is 16.4. The fraction of sp³-hybridized carbons (Fsp3) is 0.846. The molecule has 1 N–H and O–H groups in total. The molecule has 17 heavy (non-hydrogen) atoms.